The minimum Gasteiger partial charge on any atom is -0.489 e. The quantitative estimate of drug-likeness (QED) is 0.680. The monoisotopic (exact) mass is 191 g/mol. The Bertz CT molecular complexity index is 327. The van der Waals surface area contributed by atoms with Gasteiger partial charge in [-0.05, 0) is 17.5 Å². The molecule has 2 nitrogen and oxygen atoms in total. The molecule has 1 aliphatic rings. The summed E-state index contributed by atoms with van der Waals surface area (Å²) in [6, 6.07) is 8.48. The van der Waals surface area contributed by atoms with Gasteiger partial charge in [0.25, 0.3) is 0 Å². The number of benzene rings is 1. The van der Waals surface area contributed by atoms with Crippen molar-refractivity contribution < 1.29 is 4.74 Å². The summed E-state index contributed by atoms with van der Waals surface area (Å²) in [7, 11) is 0. The molecule has 0 fully saturated rings. The van der Waals surface area contributed by atoms with Gasteiger partial charge in [0.1, 0.15) is 12.4 Å². The van der Waals surface area contributed by atoms with E-state index in [2.05, 4.69) is 32.2 Å². The number of rotatable bonds is 0. The average molecular weight is 191 g/mol. The first-order valence-corrected chi connectivity index (χ1v) is 5.06. The van der Waals surface area contributed by atoms with Crippen LogP contribution in [0, 0.1) is 5.41 Å². The van der Waals surface area contributed by atoms with Crippen molar-refractivity contribution in [3.63, 3.8) is 0 Å². The highest BCUT2D eigenvalue weighted by Gasteiger charge is 2.28. The minimum atomic E-state index is 0.230. The number of nitrogens with one attached hydrogen (secondary N) is 1. The van der Waals surface area contributed by atoms with Crippen LogP contribution in [-0.2, 0) is 0 Å². The highest BCUT2D eigenvalue weighted by molar-refractivity contribution is 5.58. The van der Waals surface area contributed by atoms with E-state index in [1.165, 1.54) is 0 Å². The maximum Gasteiger partial charge on any atom is 0.142 e. The molecule has 0 saturated carbocycles. The van der Waals surface area contributed by atoms with Crippen molar-refractivity contribution >= 4 is 5.69 Å². The van der Waals surface area contributed by atoms with Crippen molar-refractivity contribution in [1.29, 1.82) is 0 Å². The van der Waals surface area contributed by atoms with Crippen LogP contribution in [-0.4, -0.2) is 12.6 Å². The molecule has 1 heterocycles. The van der Waals surface area contributed by atoms with Crippen molar-refractivity contribution in [1.82, 2.24) is 0 Å². The van der Waals surface area contributed by atoms with Gasteiger partial charge >= 0.3 is 0 Å². The van der Waals surface area contributed by atoms with Crippen LogP contribution >= 0.6 is 0 Å². The summed E-state index contributed by atoms with van der Waals surface area (Å²) in [6.07, 6.45) is 0. The standard InChI is InChI=1S/C12H17NO/c1-12(2,3)11-8-14-10-7-5-4-6-9(10)13-11/h4-7,11,13H,8H2,1-3H3/t11-/m0/s1. The molecule has 0 aromatic heterocycles. The van der Waals surface area contributed by atoms with E-state index in [-0.39, 0.29) is 5.41 Å². The molecule has 0 saturated heterocycles. The molecule has 1 N–H and O–H groups in total. The lowest BCUT2D eigenvalue weighted by Crippen LogP contribution is -2.41. The van der Waals surface area contributed by atoms with E-state index in [4.69, 9.17) is 4.74 Å². The molecular weight excluding hydrogens is 174 g/mol. The Morgan fingerprint density at radius 1 is 1.29 bits per heavy atom. The predicted molar refractivity (Wildman–Crippen MR) is 58.8 cm³/mol. The van der Waals surface area contributed by atoms with Crippen molar-refractivity contribution in [3.8, 4) is 5.75 Å². The highest BCUT2D eigenvalue weighted by Crippen LogP contribution is 2.33. The van der Waals surface area contributed by atoms with Crippen LogP contribution in [0.4, 0.5) is 5.69 Å². The minimum absolute atomic E-state index is 0.230. The molecule has 2 rings (SSSR count). The van der Waals surface area contributed by atoms with Crippen molar-refractivity contribution in [2.75, 3.05) is 11.9 Å². The fraction of sp³-hybridized carbons (Fsp3) is 0.500. The Morgan fingerprint density at radius 2 is 2.00 bits per heavy atom. The molecular formula is C12H17NO. The van der Waals surface area contributed by atoms with Gasteiger partial charge in [-0.15, -0.1) is 0 Å². The number of para-hydroxylation sites is 2. The molecule has 0 unspecified atom stereocenters. The normalized spacial score (nSPS) is 20.6. The van der Waals surface area contributed by atoms with Crippen molar-refractivity contribution in [2.45, 2.75) is 26.8 Å². The second kappa shape index (κ2) is 3.19. The van der Waals surface area contributed by atoms with Crippen LogP contribution in [0.5, 0.6) is 5.75 Å². The molecule has 1 aliphatic heterocycles. The van der Waals surface area contributed by atoms with Gasteiger partial charge in [-0.3, -0.25) is 0 Å². The molecule has 1 aromatic carbocycles. The Labute approximate surface area is 85.3 Å². The second-order valence-corrected chi connectivity index (χ2v) is 4.87. The van der Waals surface area contributed by atoms with Crippen LogP contribution in [0.1, 0.15) is 20.8 Å². The SMILES string of the molecule is CC(C)(C)[C@@H]1COc2ccccc2N1. The van der Waals surface area contributed by atoms with E-state index >= 15 is 0 Å². The molecule has 14 heavy (non-hydrogen) atoms. The average Bonchev–Trinajstić information content (AvgIpc) is 2.16. The van der Waals surface area contributed by atoms with E-state index in [0.29, 0.717) is 6.04 Å². The summed E-state index contributed by atoms with van der Waals surface area (Å²) in [6.45, 7) is 7.42. The van der Waals surface area contributed by atoms with Crippen LogP contribution in [0.15, 0.2) is 24.3 Å². The summed E-state index contributed by atoms with van der Waals surface area (Å²) in [5.41, 5.74) is 1.34. The first kappa shape index (κ1) is 9.38. The maximum atomic E-state index is 5.70. The van der Waals surface area contributed by atoms with E-state index < -0.39 is 0 Å². The third-order valence-corrected chi connectivity index (χ3v) is 2.67. The summed E-state index contributed by atoms with van der Waals surface area (Å²) >= 11 is 0. The van der Waals surface area contributed by atoms with Gasteiger partial charge in [0.15, 0.2) is 0 Å². The number of fused-ring (bicyclic) bond motifs is 1. The summed E-state index contributed by atoms with van der Waals surface area (Å²) < 4.78 is 5.70. The topological polar surface area (TPSA) is 21.3 Å². The van der Waals surface area contributed by atoms with Crippen LogP contribution in [0.25, 0.3) is 0 Å². The van der Waals surface area contributed by atoms with Crippen molar-refractivity contribution in [3.05, 3.63) is 24.3 Å². The molecule has 1 aromatic rings. The van der Waals surface area contributed by atoms with Gasteiger partial charge in [-0.2, -0.15) is 0 Å². The van der Waals surface area contributed by atoms with Crippen molar-refractivity contribution in [2.24, 2.45) is 5.41 Å². The van der Waals surface area contributed by atoms with E-state index in [1.54, 1.807) is 0 Å². The van der Waals surface area contributed by atoms with Gasteiger partial charge in [0.05, 0.1) is 11.7 Å². The Morgan fingerprint density at radius 3 is 2.71 bits per heavy atom. The smallest absolute Gasteiger partial charge is 0.142 e. The molecule has 1 atom stereocenters. The van der Waals surface area contributed by atoms with E-state index in [0.717, 1.165) is 18.0 Å². The molecule has 0 aliphatic carbocycles. The fourth-order valence-corrected chi connectivity index (χ4v) is 1.58. The summed E-state index contributed by atoms with van der Waals surface area (Å²) in [5, 5.41) is 3.51. The largest absolute Gasteiger partial charge is 0.489 e. The Kier molecular flexibility index (Phi) is 2.14. The van der Waals surface area contributed by atoms with Gasteiger partial charge in [-0.25, -0.2) is 0 Å². The van der Waals surface area contributed by atoms with Gasteiger partial charge < -0.3 is 10.1 Å². The molecule has 76 valence electrons. The number of ether oxygens (including phenoxy) is 1. The predicted octanol–water partition coefficient (Wildman–Crippen LogP) is 2.91. The number of hydrogen-bond donors (Lipinski definition) is 1. The molecule has 2 heteroatoms. The lowest BCUT2D eigenvalue weighted by Gasteiger charge is -2.36. The Hall–Kier alpha value is -1.18. The zero-order valence-corrected chi connectivity index (χ0v) is 9.00. The zero-order valence-electron chi connectivity index (χ0n) is 9.00. The zero-order chi connectivity index (χ0) is 10.2. The molecule has 0 radical (unpaired) electrons. The Balaban J connectivity index is 2.22. The van der Waals surface area contributed by atoms with Gasteiger partial charge in [0, 0.05) is 0 Å². The third-order valence-electron chi connectivity index (χ3n) is 2.67. The molecule has 0 amide bonds. The first-order valence-electron chi connectivity index (χ1n) is 5.06. The summed E-state index contributed by atoms with van der Waals surface area (Å²) in [4.78, 5) is 0. The van der Waals surface area contributed by atoms with Gasteiger partial charge in [-0.1, -0.05) is 32.9 Å². The molecule has 0 spiro atoms. The number of anilines is 1. The second-order valence-electron chi connectivity index (χ2n) is 4.87. The van der Waals surface area contributed by atoms with Crippen LogP contribution in [0.2, 0.25) is 0 Å². The summed E-state index contributed by atoms with van der Waals surface area (Å²) in [5.74, 6) is 0.966. The fourth-order valence-electron chi connectivity index (χ4n) is 1.58. The van der Waals surface area contributed by atoms with Crippen LogP contribution in [0.3, 0.4) is 0 Å². The highest BCUT2D eigenvalue weighted by atomic mass is 16.5. The lowest BCUT2D eigenvalue weighted by molar-refractivity contribution is 0.207. The van der Waals surface area contributed by atoms with Gasteiger partial charge in [0.2, 0.25) is 0 Å². The number of hydrogen-bond acceptors (Lipinski definition) is 2. The van der Waals surface area contributed by atoms with Crippen LogP contribution < -0.4 is 10.1 Å². The lowest BCUT2D eigenvalue weighted by atomic mass is 9.86. The third kappa shape index (κ3) is 1.69. The first-order chi connectivity index (χ1) is 6.57. The van der Waals surface area contributed by atoms with E-state index in [1.807, 2.05) is 18.2 Å². The maximum absolute atomic E-state index is 5.70. The van der Waals surface area contributed by atoms with E-state index in [9.17, 15) is 0 Å². The molecule has 0 bridgehead atoms.